The molecule has 0 aromatic heterocycles. The van der Waals surface area contributed by atoms with Gasteiger partial charge in [0.15, 0.2) is 0 Å². The van der Waals surface area contributed by atoms with Crippen LogP contribution in [0.15, 0.2) is 98.6 Å². The highest BCUT2D eigenvalue weighted by molar-refractivity contribution is 8.05. The maximum atomic E-state index is 9.54. The largest absolute Gasteiger partial charge is 0.375 e. The van der Waals surface area contributed by atoms with Gasteiger partial charge in [0, 0.05) is 16.0 Å². The highest BCUT2D eigenvalue weighted by atomic mass is 32.2. The molecule has 1 N–H and O–H groups in total. The number of hydrogen-bond acceptors (Lipinski definition) is 4. The molecule has 0 spiro atoms. The van der Waals surface area contributed by atoms with Crippen LogP contribution in [-0.2, 0) is 0 Å². The van der Waals surface area contributed by atoms with Crippen molar-refractivity contribution in [3.05, 3.63) is 94.9 Å². The highest BCUT2D eigenvalue weighted by Gasteiger charge is 2.27. The Morgan fingerprint density at radius 2 is 1.55 bits per heavy atom. The third-order valence-corrected chi connectivity index (χ3v) is 6.36. The molecule has 0 radical (unpaired) electrons. The summed E-state index contributed by atoms with van der Waals surface area (Å²) in [6, 6.07) is 27.0. The van der Waals surface area contributed by atoms with E-state index in [1.54, 1.807) is 11.8 Å². The van der Waals surface area contributed by atoms with Gasteiger partial charge in [-0.3, -0.25) is 9.98 Å². The van der Waals surface area contributed by atoms with Crippen LogP contribution in [0.4, 0.5) is 0 Å². The van der Waals surface area contributed by atoms with E-state index in [1.165, 1.54) is 10.8 Å². The van der Waals surface area contributed by atoms with Gasteiger partial charge in [0.1, 0.15) is 6.73 Å². The van der Waals surface area contributed by atoms with Crippen LogP contribution in [0.3, 0.4) is 0 Å². The second kappa shape index (κ2) is 7.32. The molecular formula is C25H18N2OS. The summed E-state index contributed by atoms with van der Waals surface area (Å²) in [4.78, 5) is 10.9. The summed E-state index contributed by atoms with van der Waals surface area (Å²) in [6.45, 7) is 3.62. The normalized spacial score (nSPS) is 16.4. The molecular weight excluding hydrogens is 376 g/mol. The Labute approximate surface area is 173 Å². The molecule has 140 valence electrons. The van der Waals surface area contributed by atoms with E-state index in [9.17, 15) is 5.11 Å². The molecule has 0 saturated heterocycles. The Morgan fingerprint density at radius 3 is 2.34 bits per heavy atom. The van der Waals surface area contributed by atoms with Gasteiger partial charge in [-0.1, -0.05) is 78.5 Å². The molecule has 29 heavy (non-hydrogen) atoms. The summed E-state index contributed by atoms with van der Waals surface area (Å²) < 4.78 is 0. The Morgan fingerprint density at radius 1 is 0.862 bits per heavy atom. The van der Waals surface area contributed by atoms with Crippen molar-refractivity contribution in [3.63, 3.8) is 0 Å². The van der Waals surface area contributed by atoms with Crippen molar-refractivity contribution in [2.24, 2.45) is 9.98 Å². The van der Waals surface area contributed by atoms with Gasteiger partial charge in [-0.2, -0.15) is 0 Å². The van der Waals surface area contributed by atoms with Crippen LogP contribution in [-0.4, -0.2) is 24.3 Å². The second-order valence-corrected chi connectivity index (χ2v) is 7.83. The molecule has 4 aromatic rings. The molecule has 0 atom stereocenters. The summed E-state index contributed by atoms with van der Waals surface area (Å²) in [5, 5.41) is 14.2. The molecule has 1 heterocycles. The summed E-state index contributed by atoms with van der Waals surface area (Å²) >= 11 is 1.63. The second-order valence-electron chi connectivity index (χ2n) is 6.77. The van der Waals surface area contributed by atoms with E-state index < -0.39 is 0 Å². The quantitative estimate of drug-likeness (QED) is 0.347. The zero-order valence-electron chi connectivity index (χ0n) is 15.7. The Kier molecular flexibility index (Phi) is 4.51. The Balaban J connectivity index is 1.85. The van der Waals surface area contributed by atoms with Crippen LogP contribution < -0.4 is 0 Å². The van der Waals surface area contributed by atoms with E-state index in [4.69, 9.17) is 0 Å². The van der Waals surface area contributed by atoms with Gasteiger partial charge in [-0.15, -0.1) is 0 Å². The molecule has 4 aromatic carbocycles. The Hall–Kier alpha value is -3.21. The van der Waals surface area contributed by atoms with Crippen molar-refractivity contribution in [3.8, 4) is 0 Å². The number of fused-ring (bicyclic) bond motifs is 4. The highest BCUT2D eigenvalue weighted by Crippen LogP contribution is 2.45. The fraction of sp³-hybridized carbons (Fsp3) is 0.0400. The summed E-state index contributed by atoms with van der Waals surface area (Å²) in [7, 11) is 0. The maximum absolute atomic E-state index is 9.54. The topological polar surface area (TPSA) is 45.0 Å². The molecule has 0 fully saturated rings. The lowest BCUT2D eigenvalue weighted by Crippen LogP contribution is -2.01. The fourth-order valence-corrected chi connectivity index (χ4v) is 5.13. The monoisotopic (exact) mass is 394 g/mol. The number of benzene rings is 4. The lowest BCUT2D eigenvalue weighted by atomic mass is 9.95. The number of aliphatic imine (C=N–C) groups is 2. The molecule has 4 heteroatoms. The number of aliphatic hydroxyl groups is 1. The molecule has 0 amide bonds. The van der Waals surface area contributed by atoms with Crippen LogP contribution in [0.1, 0.15) is 11.1 Å². The molecule has 1 aliphatic heterocycles. The zero-order chi connectivity index (χ0) is 19.8. The predicted molar refractivity (Wildman–Crippen MR) is 124 cm³/mol. The number of aliphatic hydroxyl groups excluding tert-OH is 1. The van der Waals surface area contributed by atoms with Crippen molar-refractivity contribution in [2.45, 2.75) is 4.90 Å². The molecule has 5 rings (SSSR count). The van der Waals surface area contributed by atoms with E-state index in [1.807, 2.05) is 30.3 Å². The predicted octanol–water partition coefficient (Wildman–Crippen LogP) is 5.91. The average molecular weight is 394 g/mol. The van der Waals surface area contributed by atoms with Crippen molar-refractivity contribution < 1.29 is 5.11 Å². The van der Waals surface area contributed by atoms with Crippen molar-refractivity contribution in [1.29, 1.82) is 0 Å². The van der Waals surface area contributed by atoms with E-state index in [0.717, 1.165) is 43.1 Å². The molecule has 0 unspecified atom stereocenters. The molecule has 3 nitrogen and oxygen atoms in total. The van der Waals surface area contributed by atoms with Crippen LogP contribution in [0.25, 0.3) is 27.2 Å². The van der Waals surface area contributed by atoms with Crippen LogP contribution >= 0.6 is 11.8 Å². The number of hydrogen-bond donors (Lipinski definition) is 1. The van der Waals surface area contributed by atoms with Gasteiger partial charge < -0.3 is 5.11 Å². The first kappa shape index (κ1) is 17.9. The Bertz CT molecular complexity index is 1340. The average Bonchev–Trinajstić information content (AvgIpc) is 3.13. The minimum Gasteiger partial charge on any atom is -0.375 e. The van der Waals surface area contributed by atoms with Crippen molar-refractivity contribution in [1.82, 2.24) is 0 Å². The number of thioether (sulfide) groups is 1. The smallest absolute Gasteiger partial charge is 0.135 e. The first-order chi connectivity index (χ1) is 14.3. The summed E-state index contributed by atoms with van der Waals surface area (Å²) in [5.74, 6) is 0. The number of nitrogens with zero attached hydrogens (tertiary/aromatic N) is 2. The van der Waals surface area contributed by atoms with E-state index in [0.29, 0.717) is 0 Å². The lowest BCUT2D eigenvalue weighted by molar-refractivity contribution is 0.309. The molecule has 0 saturated carbocycles. The number of rotatable bonds is 3. The minimum atomic E-state index is -0.267. The number of allylic oxidation sites excluding steroid dienone is 1. The standard InChI is InChI=1S/C25H18N2OS/c1-26-23(25-24(27-15-28)20-12-6-7-13-22(20)29-25)21-14-16-8-2-3-9-17(16)18-10-4-5-11-19(18)21/h2-14,28H,1,15H2/b25-23+,27-24-. The van der Waals surface area contributed by atoms with Crippen molar-refractivity contribution in [2.75, 3.05) is 6.73 Å². The first-order valence-electron chi connectivity index (χ1n) is 9.36. The van der Waals surface area contributed by atoms with Crippen LogP contribution in [0.5, 0.6) is 0 Å². The van der Waals surface area contributed by atoms with Gasteiger partial charge >= 0.3 is 0 Å². The van der Waals surface area contributed by atoms with Gasteiger partial charge in [0.2, 0.25) is 0 Å². The van der Waals surface area contributed by atoms with Gasteiger partial charge in [-0.25, -0.2) is 0 Å². The first-order valence-corrected chi connectivity index (χ1v) is 10.2. The van der Waals surface area contributed by atoms with E-state index in [2.05, 4.69) is 65.2 Å². The summed E-state index contributed by atoms with van der Waals surface area (Å²) in [6.07, 6.45) is 0. The van der Waals surface area contributed by atoms with Gasteiger partial charge in [-0.05, 0) is 40.4 Å². The molecule has 0 aliphatic carbocycles. The third-order valence-electron chi connectivity index (χ3n) is 5.19. The van der Waals surface area contributed by atoms with Crippen LogP contribution in [0.2, 0.25) is 0 Å². The van der Waals surface area contributed by atoms with Crippen LogP contribution in [0, 0.1) is 0 Å². The van der Waals surface area contributed by atoms with Crippen molar-refractivity contribution >= 4 is 51.4 Å². The molecule has 1 aliphatic rings. The third kappa shape index (κ3) is 2.89. The summed E-state index contributed by atoms with van der Waals surface area (Å²) in [5.41, 5.74) is 3.61. The van der Waals surface area contributed by atoms with Gasteiger partial charge in [0.25, 0.3) is 0 Å². The van der Waals surface area contributed by atoms with Gasteiger partial charge in [0.05, 0.1) is 16.3 Å². The fourth-order valence-electron chi connectivity index (χ4n) is 3.95. The van der Waals surface area contributed by atoms with E-state index in [-0.39, 0.29) is 6.73 Å². The lowest BCUT2D eigenvalue weighted by Gasteiger charge is -2.13. The zero-order valence-corrected chi connectivity index (χ0v) is 16.5. The minimum absolute atomic E-state index is 0.267. The van der Waals surface area contributed by atoms with E-state index >= 15 is 0 Å². The SMILES string of the molecule is C=N/C(=C1/Sc2ccccc2/C1=N/CO)c1cc2ccccc2c2ccccc12. The molecule has 0 bridgehead atoms. The maximum Gasteiger partial charge on any atom is 0.135 e.